The molecule has 0 aliphatic heterocycles. The third-order valence-corrected chi connectivity index (χ3v) is 3.65. The molecule has 0 aliphatic carbocycles. The van der Waals surface area contributed by atoms with Gasteiger partial charge in [-0.15, -0.1) is 0 Å². The van der Waals surface area contributed by atoms with E-state index < -0.39 is 0 Å². The van der Waals surface area contributed by atoms with E-state index in [1.54, 1.807) is 0 Å². The first-order chi connectivity index (χ1) is 9.93. The molecule has 0 spiro atoms. The fraction of sp³-hybridized carbons (Fsp3) is 0.588. The van der Waals surface area contributed by atoms with Crippen molar-refractivity contribution >= 4 is 11.6 Å². The number of amides is 1. The van der Waals surface area contributed by atoms with E-state index in [-0.39, 0.29) is 11.8 Å². The second-order valence-electron chi connectivity index (χ2n) is 5.96. The van der Waals surface area contributed by atoms with E-state index in [1.807, 2.05) is 43.3 Å². The summed E-state index contributed by atoms with van der Waals surface area (Å²) in [4.78, 5) is 16.6. The minimum Gasteiger partial charge on any atom is -0.399 e. The average molecular weight is 291 g/mol. The lowest BCUT2D eigenvalue weighted by Gasteiger charge is -2.25. The zero-order chi connectivity index (χ0) is 15.8. The van der Waals surface area contributed by atoms with E-state index in [9.17, 15) is 4.79 Å². The van der Waals surface area contributed by atoms with Gasteiger partial charge in [-0.2, -0.15) is 0 Å². The van der Waals surface area contributed by atoms with Gasteiger partial charge in [-0.3, -0.25) is 4.79 Å². The maximum Gasteiger partial charge on any atom is 0.223 e. The third-order valence-electron chi connectivity index (χ3n) is 3.65. The number of nitrogen functional groups attached to an aromatic ring is 1. The number of likely N-dealkylation sites (N-methyl/N-ethyl adjacent to an activating group) is 1. The Balaban J connectivity index is 2.60. The Labute approximate surface area is 128 Å². The zero-order valence-electron chi connectivity index (χ0n) is 13.8. The van der Waals surface area contributed by atoms with Gasteiger partial charge in [-0.25, -0.2) is 0 Å². The van der Waals surface area contributed by atoms with Crippen LogP contribution in [0.3, 0.4) is 0 Å². The van der Waals surface area contributed by atoms with E-state index in [1.165, 1.54) is 5.56 Å². The van der Waals surface area contributed by atoms with E-state index in [0.717, 1.165) is 31.7 Å². The zero-order valence-corrected chi connectivity index (χ0v) is 13.8. The van der Waals surface area contributed by atoms with Crippen molar-refractivity contribution in [2.75, 3.05) is 39.5 Å². The summed E-state index contributed by atoms with van der Waals surface area (Å²) >= 11 is 0. The van der Waals surface area contributed by atoms with Crippen LogP contribution in [0, 0.1) is 0 Å². The molecule has 0 saturated carbocycles. The van der Waals surface area contributed by atoms with Crippen molar-refractivity contribution in [1.82, 2.24) is 9.80 Å². The molecule has 0 fully saturated rings. The van der Waals surface area contributed by atoms with Gasteiger partial charge < -0.3 is 15.5 Å². The van der Waals surface area contributed by atoms with Gasteiger partial charge in [0.25, 0.3) is 0 Å². The number of hydrogen-bond donors (Lipinski definition) is 1. The summed E-state index contributed by atoms with van der Waals surface area (Å²) in [5, 5.41) is 0. The molecule has 1 atom stereocenters. The van der Waals surface area contributed by atoms with Crippen molar-refractivity contribution in [3.63, 3.8) is 0 Å². The van der Waals surface area contributed by atoms with E-state index in [4.69, 9.17) is 5.73 Å². The van der Waals surface area contributed by atoms with Gasteiger partial charge in [0.05, 0.1) is 0 Å². The van der Waals surface area contributed by atoms with E-state index in [2.05, 4.69) is 18.7 Å². The summed E-state index contributed by atoms with van der Waals surface area (Å²) in [7, 11) is 4.07. The molecule has 1 rings (SSSR count). The Morgan fingerprint density at radius 1 is 1.14 bits per heavy atom. The molecule has 1 amide bonds. The van der Waals surface area contributed by atoms with Crippen molar-refractivity contribution in [2.24, 2.45) is 0 Å². The van der Waals surface area contributed by atoms with Crippen molar-refractivity contribution in [3.05, 3.63) is 29.8 Å². The maximum atomic E-state index is 12.5. The number of anilines is 1. The van der Waals surface area contributed by atoms with E-state index >= 15 is 0 Å². The van der Waals surface area contributed by atoms with Gasteiger partial charge in [0.1, 0.15) is 0 Å². The summed E-state index contributed by atoms with van der Waals surface area (Å²) < 4.78 is 0. The number of nitrogens with two attached hydrogens (primary N) is 1. The molecular formula is C17H29N3O. The van der Waals surface area contributed by atoms with Crippen LogP contribution in [0.2, 0.25) is 0 Å². The van der Waals surface area contributed by atoms with Crippen LogP contribution in [0.4, 0.5) is 5.69 Å². The molecule has 0 saturated heterocycles. The maximum absolute atomic E-state index is 12.5. The smallest absolute Gasteiger partial charge is 0.223 e. The molecule has 118 valence electrons. The van der Waals surface area contributed by atoms with Crippen LogP contribution in [-0.4, -0.2) is 49.4 Å². The highest BCUT2D eigenvalue weighted by atomic mass is 16.2. The first-order valence-electron chi connectivity index (χ1n) is 7.72. The molecule has 2 N–H and O–H groups in total. The lowest BCUT2D eigenvalue weighted by molar-refractivity contribution is -0.131. The fourth-order valence-electron chi connectivity index (χ4n) is 2.29. The van der Waals surface area contributed by atoms with Crippen LogP contribution in [0.15, 0.2) is 24.3 Å². The molecule has 1 unspecified atom stereocenters. The molecule has 4 heteroatoms. The molecule has 0 heterocycles. The first kappa shape index (κ1) is 17.5. The minimum atomic E-state index is 0.219. The van der Waals surface area contributed by atoms with Crippen LogP contribution in [0.5, 0.6) is 0 Å². The SMILES string of the molecule is CCCN(CCN(C)C)C(=O)CC(C)c1ccc(N)cc1. The highest BCUT2D eigenvalue weighted by Gasteiger charge is 2.17. The average Bonchev–Trinajstić information content (AvgIpc) is 2.43. The number of carbonyl (C=O) groups is 1. The predicted octanol–water partition coefficient (Wildman–Crippen LogP) is 2.56. The van der Waals surface area contributed by atoms with Crippen LogP contribution in [0.1, 0.15) is 38.2 Å². The molecule has 0 radical (unpaired) electrons. The number of rotatable bonds is 8. The Bertz CT molecular complexity index is 428. The second-order valence-corrected chi connectivity index (χ2v) is 5.96. The highest BCUT2D eigenvalue weighted by molar-refractivity contribution is 5.77. The standard InChI is InChI=1S/C17H29N3O/c1-5-10-20(12-11-19(3)4)17(21)13-14(2)15-6-8-16(18)9-7-15/h6-9,14H,5,10-13,18H2,1-4H3. The lowest BCUT2D eigenvalue weighted by Crippen LogP contribution is -2.37. The molecule has 0 aliphatic rings. The predicted molar refractivity (Wildman–Crippen MR) is 89.3 cm³/mol. The van der Waals surface area contributed by atoms with Crippen molar-refractivity contribution < 1.29 is 4.79 Å². The topological polar surface area (TPSA) is 49.6 Å². The fourth-order valence-corrected chi connectivity index (χ4v) is 2.29. The number of nitrogens with zero attached hydrogens (tertiary/aromatic N) is 2. The first-order valence-corrected chi connectivity index (χ1v) is 7.72. The van der Waals surface area contributed by atoms with Crippen LogP contribution < -0.4 is 5.73 Å². The number of hydrogen-bond acceptors (Lipinski definition) is 3. The molecule has 1 aromatic rings. The Morgan fingerprint density at radius 2 is 1.76 bits per heavy atom. The summed E-state index contributed by atoms with van der Waals surface area (Å²) in [6, 6.07) is 7.81. The van der Waals surface area contributed by atoms with Crippen molar-refractivity contribution in [3.8, 4) is 0 Å². The minimum absolute atomic E-state index is 0.219. The van der Waals surface area contributed by atoms with Gasteiger partial charge in [-0.05, 0) is 44.1 Å². The van der Waals surface area contributed by atoms with Crippen molar-refractivity contribution in [2.45, 2.75) is 32.6 Å². The van der Waals surface area contributed by atoms with Gasteiger partial charge in [-0.1, -0.05) is 26.0 Å². The van der Waals surface area contributed by atoms with E-state index in [0.29, 0.717) is 6.42 Å². The van der Waals surface area contributed by atoms with Crippen LogP contribution >= 0.6 is 0 Å². The summed E-state index contributed by atoms with van der Waals surface area (Å²) in [6.07, 6.45) is 1.55. The molecule has 4 nitrogen and oxygen atoms in total. The van der Waals surface area contributed by atoms with Crippen LogP contribution in [-0.2, 0) is 4.79 Å². The van der Waals surface area contributed by atoms with Gasteiger partial charge in [0.2, 0.25) is 5.91 Å². The molecule has 21 heavy (non-hydrogen) atoms. The Kier molecular flexibility index (Phi) is 7.23. The monoisotopic (exact) mass is 291 g/mol. The van der Waals surface area contributed by atoms with Crippen LogP contribution in [0.25, 0.3) is 0 Å². The highest BCUT2D eigenvalue weighted by Crippen LogP contribution is 2.21. The van der Waals surface area contributed by atoms with Crippen molar-refractivity contribution in [1.29, 1.82) is 0 Å². The quantitative estimate of drug-likeness (QED) is 0.749. The Hall–Kier alpha value is -1.55. The van der Waals surface area contributed by atoms with Gasteiger partial charge in [0.15, 0.2) is 0 Å². The Morgan fingerprint density at radius 3 is 2.29 bits per heavy atom. The summed E-state index contributed by atoms with van der Waals surface area (Å²) in [5.74, 6) is 0.458. The molecule has 0 bridgehead atoms. The number of carbonyl (C=O) groups excluding carboxylic acids is 1. The molecule has 1 aromatic carbocycles. The molecule has 0 aromatic heterocycles. The normalized spacial score (nSPS) is 12.4. The third kappa shape index (κ3) is 6.17. The summed E-state index contributed by atoms with van der Waals surface area (Å²) in [5.41, 5.74) is 7.63. The number of benzene rings is 1. The van der Waals surface area contributed by atoms with Gasteiger partial charge in [0, 0.05) is 31.7 Å². The molecular weight excluding hydrogens is 262 g/mol. The van der Waals surface area contributed by atoms with Gasteiger partial charge >= 0.3 is 0 Å². The summed E-state index contributed by atoms with van der Waals surface area (Å²) in [6.45, 7) is 6.75. The largest absolute Gasteiger partial charge is 0.399 e. The second kappa shape index (κ2) is 8.67. The lowest BCUT2D eigenvalue weighted by atomic mass is 9.97.